The molecule has 1 saturated carbocycles. The van der Waals surface area contributed by atoms with E-state index in [0.29, 0.717) is 30.7 Å². The van der Waals surface area contributed by atoms with E-state index in [1.165, 1.54) is 24.8 Å². The molecule has 2 unspecified atom stereocenters. The first-order valence-corrected chi connectivity index (χ1v) is 9.05. The lowest BCUT2D eigenvalue weighted by atomic mass is 9.88. The number of aromatic amines is 1. The lowest BCUT2D eigenvalue weighted by molar-refractivity contribution is -0.00293. The third-order valence-corrected chi connectivity index (χ3v) is 5.32. The zero-order chi connectivity index (χ0) is 17.1. The minimum Gasteiger partial charge on any atom is -0.376 e. The molecule has 0 spiro atoms. The molecule has 0 aliphatic heterocycles. The van der Waals surface area contributed by atoms with Crippen LogP contribution in [0.25, 0.3) is 10.9 Å². The van der Waals surface area contributed by atoms with Gasteiger partial charge in [-0.2, -0.15) is 0 Å². The number of aromatic nitrogens is 1. The number of aryl methyl sites for hydroxylation is 2. The van der Waals surface area contributed by atoms with Gasteiger partial charge in [0.15, 0.2) is 0 Å². The molecule has 2 N–H and O–H groups in total. The Morgan fingerprint density at radius 2 is 2.08 bits per heavy atom. The van der Waals surface area contributed by atoms with Crippen molar-refractivity contribution < 1.29 is 9.53 Å². The van der Waals surface area contributed by atoms with E-state index in [1.807, 2.05) is 18.2 Å². The molecule has 1 heterocycles. The van der Waals surface area contributed by atoms with Crippen molar-refractivity contribution in [2.75, 3.05) is 13.2 Å². The van der Waals surface area contributed by atoms with Crippen molar-refractivity contribution in [2.24, 2.45) is 5.92 Å². The van der Waals surface area contributed by atoms with Crippen molar-refractivity contribution in [1.29, 1.82) is 0 Å². The van der Waals surface area contributed by atoms with Gasteiger partial charge >= 0.3 is 0 Å². The number of benzene rings is 1. The average molecular weight is 328 g/mol. The molecule has 4 heteroatoms. The first-order valence-electron chi connectivity index (χ1n) is 9.05. The third-order valence-electron chi connectivity index (χ3n) is 5.32. The van der Waals surface area contributed by atoms with Gasteiger partial charge in [0.1, 0.15) is 0 Å². The molecule has 0 radical (unpaired) electrons. The van der Waals surface area contributed by atoms with Gasteiger partial charge in [0.05, 0.1) is 12.7 Å². The molecule has 2 aromatic rings. The molecule has 2 atom stereocenters. The molecule has 1 fully saturated rings. The highest BCUT2D eigenvalue weighted by Gasteiger charge is 2.21. The second-order valence-electron chi connectivity index (χ2n) is 7.06. The van der Waals surface area contributed by atoms with Crippen LogP contribution in [0.3, 0.4) is 0 Å². The Morgan fingerprint density at radius 1 is 1.29 bits per heavy atom. The zero-order valence-electron chi connectivity index (χ0n) is 14.9. The maximum absolute atomic E-state index is 12.3. The Balaban J connectivity index is 1.52. The molecule has 1 aromatic heterocycles. The van der Waals surface area contributed by atoms with Crippen LogP contribution in [0.2, 0.25) is 0 Å². The van der Waals surface area contributed by atoms with Crippen LogP contribution in [0.1, 0.15) is 54.2 Å². The monoisotopic (exact) mass is 328 g/mol. The zero-order valence-corrected chi connectivity index (χ0v) is 14.9. The number of amides is 1. The fraction of sp³-hybridized carbons (Fsp3) is 0.550. The SMILES string of the molecule is Cc1[nH]c2ccc(C(=O)NCCOC3CCCCC3C)cc2c1C. The first kappa shape index (κ1) is 17.0. The molecule has 0 saturated heterocycles. The van der Waals surface area contributed by atoms with E-state index in [0.717, 1.165) is 23.0 Å². The van der Waals surface area contributed by atoms with Gasteiger partial charge in [0, 0.05) is 28.7 Å². The normalized spacial score (nSPS) is 21.1. The minimum atomic E-state index is -0.0320. The number of carbonyl (C=O) groups excluding carboxylic acids is 1. The molecule has 1 aliphatic rings. The highest BCUT2D eigenvalue weighted by atomic mass is 16.5. The van der Waals surface area contributed by atoms with Gasteiger partial charge in [-0.15, -0.1) is 0 Å². The minimum absolute atomic E-state index is 0.0320. The first-order chi connectivity index (χ1) is 11.6. The van der Waals surface area contributed by atoms with E-state index < -0.39 is 0 Å². The van der Waals surface area contributed by atoms with Crippen LogP contribution in [-0.4, -0.2) is 30.1 Å². The number of carbonyl (C=O) groups is 1. The topological polar surface area (TPSA) is 54.1 Å². The summed E-state index contributed by atoms with van der Waals surface area (Å²) in [6, 6.07) is 5.81. The Kier molecular flexibility index (Phi) is 5.24. The molecule has 0 bridgehead atoms. The van der Waals surface area contributed by atoms with E-state index in [4.69, 9.17) is 4.74 Å². The van der Waals surface area contributed by atoms with Crippen LogP contribution in [0.5, 0.6) is 0 Å². The predicted octanol–water partition coefficient (Wildman–Crippen LogP) is 4.11. The number of H-pyrrole nitrogens is 1. The summed E-state index contributed by atoms with van der Waals surface area (Å²) in [5.74, 6) is 0.604. The summed E-state index contributed by atoms with van der Waals surface area (Å²) in [6.07, 6.45) is 5.34. The van der Waals surface area contributed by atoms with Crippen molar-refractivity contribution >= 4 is 16.8 Å². The summed E-state index contributed by atoms with van der Waals surface area (Å²) >= 11 is 0. The summed E-state index contributed by atoms with van der Waals surface area (Å²) in [7, 11) is 0. The van der Waals surface area contributed by atoms with Gasteiger partial charge < -0.3 is 15.0 Å². The van der Waals surface area contributed by atoms with Crippen LogP contribution in [0, 0.1) is 19.8 Å². The van der Waals surface area contributed by atoms with Gasteiger partial charge in [0.25, 0.3) is 5.91 Å². The lowest BCUT2D eigenvalue weighted by Gasteiger charge is -2.28. The number of nitrogens with one attached hydrogen (secondary N) is 2. The highest BCUT2D eigenvalue weighted by Crippen LogP contribution is 2.26. The Bertz CT molecular complexity index is 720. The summed E-state index contributed by atoms with van der Waals surface area (Å²) in [5, 5.41) is 4.09. The highest BCUT2D eigenvalue weighted by molar-refractivity contribution is 5.99. The average Bonchev–Trinajstić information content (AvgIpc) is 2.87. The van der Waals surface area contributed by atoms with Crippen LogP contribution in [0.15, 0.2) is 18.2 Å². The molecule has 4 nitrogen and oxygen atoms in total. The number of fused-ring (bicyclic) bond motifs is 1. The number of ether oxygens (including phenoxy) is 1. The van der Waals surface area contributed by atoms with E-state index in [1.54, 1.807) is 0 Å². The molecule has 1 aromatic carbocycles. The second kappa shape index (κ2) is 7.39. The molecule has 3 rings (SSSR count). The fourth-order valence-corrected chi connectivity index (χ4v) is 3.61. The quantitative estimate of drug-likeness (QED) is 0.812. The number of hydrogen-bond donors (Lipinski definition) is 2. The molecular formula is C20H28N2O2. The summed E-state index contributed by atoms with van der Waals surface area (Å²) in [6.45, 7) is 7.54. The lowest BCUT2D eigenvalue weighted by Crippen LogP contribution is -2.31. The van der Waals surface area contributed by atoms with Crippen molar-refractivity contribution in [3.8, 4) is 0 Å². The van der Waals surface area contributed by atoms with Crippen LogP contribution in [0.4, 0.5) is 0 Å². The van der Waals surface area contributed by atoms with E-state index in [9.17, 15) is 4.79 Å². The van der Waals surface area contributed by atoms with Crippen molar-refractivity contribution in [3.63, 3.8) is 0 Å². The van der Waals surface area contributed by atoms with Crippen molar-refractivity contribution in [3.05, 3.63) is 35.0 Å². The molecule has 1 aliphatic carbocycles. The maximum atomic E-state index is 12.3. The van der Waals surface area contributed by atoms with Gasteiger partial charge in [0.2, 0.25) is 0 Å². The van der Waals surface area contributed by atoms with Crippen molar-refractivity contribution in [2.45, 2.75) is 52.6 Å². The summed E-state index contributed by atoms with van der Waals surface area (Å²) in [4.78, 5) is 15.7. The molecule has 24 heavy (non-hydrogen) atoms. The molecule has 1 amide bonds. The van der Waals surface area contributed by atoms with E-state index >= 15 is 0 Å². The number of rotatable bonds is 5. The molecular weight excluding hydrogens is 300 g/mol. The smallest absolute Gasteiger partial charge is 0.251 e. The second-order valence-corrected chi connectivity index (χ2v) is 7.06. The van der Waals surface area contributed by atoms with Crippen LogP contribution in [-0.2, 0) is 4.74 Å². The van der Waals surface area contributed by atoms with Gasteiger partial charge in [-0.05, 0) is 56.4 Å². The van der Waals surface area contributed by atoms with E-state index in [-0.39, 0.29) is 5.91 Å². The Morgan fingerprint density at radius 3 is 2.88 bits per heavy atom. The summed E-state index contributed by atoms with van der Waals surface area (Å²) < 4.78 is 5.95. The predicted molar refractivity (Wildman–Crippen MR) is 97.5 cm³/mol. The Labute approximate surface area is 144 Å². The molecule has 130 valence electrons. The maximum Gasteiger partial charge on any atom is 0.251 e. The number of hydrogen-bond acceptors (Lipinski definition) is 2. The summed E-state index contributed by atoms with van der Waals surface area (Å²) in [5.41, 5.74) is 4.14. The standard InChI is InChI=1S/C20H28N2O2/c1-13-6-4-5-7-19(13)24-11-10-21-20(23)16-8-9-18-17(12-16)14(2)15(3)22-18/h8-9,12-13,19,22H,4-7,10-11H2,1-3H3,(H,21,23). The van der Waals surface area contributed by atoms with Gasteiger partial charge in [-0.1, -0.05) is 19.8 Å². The third kappa shape index (κ3) is 3.64. The van der Waals surface area contributed by atoms with E-state index in [2.05, 4.69) is 31.1 Å². The fourth-order valence-electron chi connectivity index (χ4n) is 3.61. The Hall–Kier alpha value is -1.81. The van der Waals surface area contributed by atoms with Crippen molar-refractivity contribution in [1.82, 2.24) is 10.3 Å². The van der Waals surface area contributed by atoms with Gasteiger partial charge in [-0.3, -0.25) is 4.79 Å². The van der Waals surface area contributed by atoms with Gasteiger partial charge in [-0.25, -0.2) is 0 Å². The largest absolute Gasteiger partial charge is 0.376 e. The van der Waals surface area contributed by atoms with Crippen LogP contribution >= 0.6 is 0 Å². The van der Waals surface area contributed by atoms with Crippen LogP contribution < -0.4 is 5.32 Å².